The molecule has 1 aliphatic rings. The Morgan fingerprint density at radius 2 is 1.63 bits per heavy atom. The summed E-state index contributed by atoms with van der Waals surface area (Å²) in [7, 11) is -4.35. The molecule has 1 atom stereocenters. The largest absolute Gasteiger partial charge is 0.352 e. The van der Waals surface area contributed by atoms with Gasteiger partial charge in [-0.05, 0) is 61.2 Å². The Bertz CT molecular complexity index is 1480. The first-order chi connectivity index (χ1) is 19.6. The number of nitrogens with zero attached hydrogens (tertiary/aromatic N) is 2. The van der Waals surface area contributed by atoms with Crippen LogP contribution in [0.5, 0.6) is 0 Å². The van der Waals surface area contributed by atoms with Crippen molar-refractivity contribution in [3.8, 4) is 0 Å². The molecule has 0 spiro atoms. The van der Waals surface area contributed by atoms with Gasteiger partial charge in [-0.1, -0.05) is 79.4 Å². The normalized spacial score (nSPS) is 14.4. The number of amides is 2. The number of sulfonamides is 1. The van der Waals surface area contributed by atoms with E-state index in [1.165, 1.54) is 35.2 Å². The molecule has 41 heavy (non-hydrogen) atoms. The molecule has 3 aromatic carbocycles. The number of nitrogens with one attached hydrogen (secondary N) is 1. The number of hydrogen-bond acceptors (Lipinski definition) is 4. The Morgan fingerprint density at radius 1 is 0.976 bits per heavy atom. The van der Waals surface area contributed by atoms with Crippen LogP contribution in [-0.4, -0.2) is 43.8 Å². The van der Waals surface area contributed by atoms with Crippen molar-refractivity contribution < 1.29 is 22.4 Å². The van der Waals surface area contributed by atoms with E-state index >= 15 is 4.39 Å². The second-order valence-corrected chi connectivity index (χ2v) is 12.6. The van der Waals surface area contributed by atoms with E-state index in [1.807, 2.05) is 0 Å². The van der Waals surface area contributed by atoms with Gasteiger partial charge in [-0.25, -0.2) is 12.8 Å². The van der Waals surface area contributed by atoms with Crippen molar-refractivity contribution >= 4 is 50.7 Å². The highest BCUT2D eigenvalue weighted by atomic mass is 35.5. The summed E-state index contributed by atoms with van der Waals surface area (Å²) < 4.78 is 43.3. The lowest BCUT2D eigenvalue weighted by Gasteiger charge is -2.34. The quantitative estimate of drug-likeness (QED) is 0.277. The number of rotatable bonds is 11. The first-order valence-corrected chi connectivity index (χ1v) is 15.7. The summed E-state index contributed by atoms with van der Waals surface area (Å²) in [6, 6.07) is 16.9. The van der Waals surface area contributed by atoms with E-state index in [4.69, 9.17) is 23.2 Å². The molecule has 3 aromatic rings. The second-order valence-electron chi connectivity index (χ2n) is 9.96. The van der Waals surface area contributed by atoms with E-state index in [1.54, 1.807) is 43.3 Å². The molecule has 7 nitrogen and oxygen atoms in total. The Kier molecular flexibility index (Phi) is 10.3. The predicted molar refractivity (Wildman–Crippen MR) is 159 cm³/mol. The molecule has 218 valence electrons. The highest BCUT2D eigenvalue weighted by molar-refractivity contribution is 7.92. The Balaban J connectivity index is 1.73. The fourth-order valence-corrected chi connectivity index (χ4v) is 6.77. The van der Waals surface area contributed by atoms with Crippen LogP contribution in [0, 0.1) is 5.82 Å². The smallest absolute Gasteiger partial charge is 0.264 e. The average Bonchev–Trinajstić information content (AvgIpc) is 3.47. The maximum atomic E-state index is 15.0. The van der Waals surface area contributed by atoms with Crippen LogP contribution in [0.25, 0.3) is 0 Å². The number of carbonyl (C=O) groups excluding carboxylic acids is 2. The van der Waals surface area contributed by atoms with Crippen molar-refractivity contribution in [3.05, 3.63) is 94.2 Å². The Hall–Kier alpha value is -3.14. The molecule has 1 N–H and O–H groups in total. The van der Waals surface area contributed by atoms with E-state index in [0.29, 0.717) is 10.6 Å². The van der Waals surface area contributed by atoms with Gasteiger partial charge in [-0.15, -0.1) is 0 Å². The zero-order valence-corrected chi connectivity index (χ0v) is 24.9. The first kappa shape index (κ1) is 30.8. The number of para-hydroxylation sites is 1. The third kappa shape index (κ3) is 7.39. The second kappa shape index (κ2) is 13.7. The van der Waals surface area contributed by atoms with Crippen LogP contribution in [0.2, 0.25) is 10.0 Å². The summed E-state index contributed by atoms with van der Waals surface area (Å²) in [6.07, 6.45) is 4.03. The summed E-state index contributed by atoms with van der Waals surface area (Å²) in [5.41, 5.74) is 0.325. The number of carbonyl (C=O) groups is 2. The topological polar surface area (TPSA) is 86.8 Å². The molecule has 0 saturated heterocycles. The highest BCUT2D eigenvalue weighted by Crippen LogP contribution is 2.28. The number of benzene rings is 3. The highest BCUT2D eigenvalue weighted by Gasteiger charge is 2.35. The predicted octanol–water partition coefficient (Wildman–Crippen LogP) is 6.19. The van der Waals surface area contributed by atoms with Gasteiger partial charge < -0.3 is 10.2 Å². The lowest BCUT2D eigenvalue weighted by molar-refractivity contribution is -0.140. The molecule has 1 aliphatic carbocycles. The fraction of sp³-hybridized carbons (Fsp3) is 0.333. The molecule has 1 unspecified atom stereocenters. The van der Waals surface area contributed by atoms with Crippen LogP contribution in [-0.2, 0) is 26.2 Å². The minimum atomic E-state index is -4.35. The van der Waals surface area contributed by atoms with Crippen LogP contribution < -0.4 is 9.62 Å². The Morgan fingerprint density at radius 3 is 2.27 bits per heavy atom. The third-order valence-electron chi connectivity index (χ3n) is 7.16. The number of anilines is 1. The van der Waals surface area contributed by atoms with Gasteiger partial charge in [0.1, 0.15) is 18.4 Å². The molecule has 0 radical (unpaired) electrons. The SMILES string of the molecule is CCC(C(=O)NC1CCCC1)N(Cc1ccc(Cl)c(Cl)c1)C(=O)CN(c1ccccc1F)S(=O)(=O)c1ccccc1. The molecular formula is C30H32Cl2FN3O4S. The minimum absolute atomic E-state index is 0.0202. The van der Waals surface area contributed by atoms with Crippen LogP contribution in [0.15, 0.2) is 77.7 Å². The van der Waals surface area contributed by atoms with Gasteiger partial charge in [0.15, 0.2) is 0 Å². The van der Waals surface area contributed by atoms with Crippen molar-refractivity contribution in [2.75, 3.05) is 10.8 Å². The van der Waals surface area contributed by atoms with E-state index in [9.17, 15) is 18.0 Å². The van der Waals surface area contributed by atoms with Gasteiger partial charge in [0.05, 0.1) is 20.6 Å². The van der Waals surface area contributed by atoms with Crippen molar-refractivity contribution in [3.63, 3.8) is 0 Å². The number of halogens is 3. The van der Waals surface area contributed by atoms with Crippen molar-refractivity contribution in [1.29, 1.82) is 0 Å². The van der Waals surface area contributed by atoms with Crippen LogP contribution in [0.1, 0.15) is 44.6 Å². The van der Waals surface area contributed by atoms with Gasteiger partial charge in [0, 0.05) is 12.6 Å². The molecule has 1 saturated carbocycles. The molecule has 11 heteroatoms. The zero-order valence-electron chi connectivity index (χ0n) is 22.6. The monoisotopic (exact) mass is 619 g/mol. The van der Waals surface area contributed by atoms with E-state index < -0.39 is 34.3 Å². The lowest BCUT2D eigenvalue weighted by Crippen LogP contribution is -2.53. The maximum absolute atomic E-state index is 15.0. The molecule has 0 aliphatic heterocycles. The number of hydrogen-bond donors (Lipinski definition) is 1. The van der Waals surface area contributed by atoms with Gasteiger partial charge in [-0.3, -0.25) is 13.9 Å². The summed E-state index contributed by atoms with van der Waals surface area (Å²) >= 11 is 12.3. The van der Waals surface area contributed by atoms with Crippen LogP contribution in [0.3, 0.4) is 0 Å². The maximum Gasteiger partial charge on any atom is 0.264 e. The lowest BCUT2D eigenvalue weighted by atomic mass is 10.1. The molecule has 4 rings (SSSR count). The van der Waals surface area contributed by atoms with Gasteiger partial charge in [-0.2, -0.15) is 0 Å². The van der Waals surface area contributed by atoms with Gasteiger partial charge in [0.2, 0.25) is 11.8 Å². The van der Waals surface area contributed by atoms with Crippen molar-refractivity contribution in [1.82, 2.24) is 10.2 Å². The van der Waals surface area contributed by atoms with Crippen molar-refractivity contribution in [2.45, 2.75) is 62.6 Å². The average molecular weight is 621 g/mol. The van der Waals surface area contributed by atoms with E-state index in [2.05, 4.69) is 5.32 Å². The molecule has 1 fully saturated rings. The van der Waals surface area contributed by atoms with E-state index in [0.717, 1.165) is 36.1 Å². The van der Waals surface area contributed by atoms with Crippen molar-refractivity contribution in [2.24, 2.45) is 0 Å². The van der Waals surface area contributed by atoms with Gasteiger partial charge in [0.25, 0.3) is 10.0 Å². The standard InChI is InChI=1S/C30H32Cl2FN3O4S/c1-2-27(30(38)34-22-10-6-7-11-22)35(19-21-16-17-24(31)25(32)18-21)29(37)20-36(28-15-9-8-14-26(28)33)41(39,40)23-12-4-3-5-13-23/h3-5,8-9,12-18,22,27H,2,6-7,10-11,19-20H2,1H3,(H,34,38). The molecular weight excluding hydrogens is 588 g/mol. The molecule has 0 bridgehead atoms. The zero-order chi connectivity index (χ0) is 29.6. The van der Waals surface area contributed by atoms with Gasteiger partial charge >= 0.3 is 0 Å². The molecule has 0 aromatic heterocycles. The minimum Gasteiger partial charge on any atom is -0.352 e. The Labute approximate surface area is 250 Å². The summed E-state index contributed by atoms with van der Waals surface area (Å²) in [6.45, 7) is 1.01. The van der Waals surface area contributed by atoms with Crippen LogP contribution in [0.4, 0.5) is 10.1 Å². The molecule has 0 heterocycles. The fourth-order valence-electron chi connectivity index (χ4n) is 5.01. The summed E-state index contributed by atoms with van der Waals surface area (Å²) in [5, 5.41) is 3.66. The summed E-state index contributed by atoms with van der Waals surface area (Å²) in [5.74, 6) is -1.80. The van der Waals surface area contributed by atoms with Crippen LogP contribution >= 0.6 is 23.2 Å². The van der Waals surface area contributed by atoms with E-state index in [-0.39, 0.29) is 40.5 Å². The first-order valence-electron chi connectivity index (χ1n) is 13.5. The summed E-state index contributed by atoms with van der Waals surface area (Å²) in [4.78, 5) is 28.8. The third-order valence-corrected chi connectivity index (χ3v) is 9.67. The molecule has 2 amide bonds.